The summed E-state index contributed by atoms with van der Waals surface area (Å²) in [5.41, 5.74) is 6.76. The van der Waals surface area contributed by atoms with Crippen molar-refractivity contribution < 1.29 is 8.60 Å². The van der Waals surface area contributed by atoms with E-state index in [4.69, 9.17) is 17.3 Å². The molecule has 100 valence electrons. The van der Waals surface area contributed by atoms with E-state index < -0.39 is 10.8 Å². The molecule has 0 saturated carbocycles. The molecule has 2 nitrogen and oxygen atoms in total. The number of hydrogen-bond acceptors (Lipinski definition) is 2. The van der Waals surface area contributed by atoms with Gasteiger partial charge in [0.05, 0.1) is 30.9 Å². The molecule has 0 spiro atoms. The summed E-state index contributed by atoms with van der Waals surface area (Å²) >= 11 is 9.14. The van der Waals surface area contributed by atoms with E-state index in [0.717, 1.165) is 0 Å². The fourth-order valence-electron chi connectivity index (χ4n) is 1.57. The third-order valence-corrected chi connectivity index (χ3v) is 5.25. The molecule has 0 aliphatic carbocycles. The van der Waals surface area contributed by atoms with Gasteiger partial charge in [-0.15, -0.1) is 0 Å². The van der Waals surface area contributed by atoms with Crippen molar-refractivity contribution in [2.45, 2.75) is 10.6 Å². The summed E-state index contributed by atoms with van der Waals surface area (Å²) in [6.07, 6.45) is 0. The van der Waals surface area contributed by atoms with Crippen LogP contribution in [0.4, 0.5) is 10.1 Å². The lowest BCUT2D eigenvalue weighted by Crippen LogP contribution is -2.00. The minimum absolute atomic E-state index is 0.168. The van der Waals surface area contributed by atoms with E-state index in [1.807, 2.05) is 0 Å². The van der Waals surface area contributed by atoms with Gasteiger partial charge < -0.3 is 5.73 Å². The molecule has 0 heterocycles. The second kappa shape index (κ2) is 6.03. The van der Waals surface area contributed by atoms with Gasteiger partial charge >= 0.3 is 0 Å². The van der Waals surface area contributed by atoms with Crippen LogP contribution in [0.3, 0.4) is 0 Å². The Morgan fingerprint density at radius 2 is 2.05 bits per heavy atom. The van der Waals surface area contributed by atoms with E-state index in [1.165, 1.54) is 6.07 Å². The molecule has 0 fully saturated rings. The quantitative estimate of drug-likeness (QED) is 0.834. The molecule has 19 heavy (non-hydrogen) atoms. The normalized spacial score (nSPS) is 12.4. The Morgan fingerprint density at radius 3 is 2.79 bits per heavy atom. The van der Waals surface area contributed by atoms with Crippen LogP contribution in [0.5, 0.6) is 0 Å². The first-order chi connectivity index (χ1) is 8.99. The molecule has 0 aliphatic rings. The molecule has 1 unspecified atom stereocenters. The zero-order valence-electron chi connectivity index (χ0n) is 9.70. The van der Waals surface area contributed by atoms with Crippen LogP contribution in [0, 0.1) is 5.82 Å². The number of anilines is 1. The van der Waals surface area contributed by atoms with Gasteiger partial charge in [0.25, 0.3) is 0 Å². The largest absolute Gasteiger partial charge is 0.399 e. The second-order valence-electron chi connectivity index (χ2n) is 3.89. The predicted octanol–water partition coefficient (Wildman–Crippen LogP) is 4.13. The van der Waals surface area contributed by atoms with Crippen LogP contribution in [0.2, 0.25) is 5.02 Å². The smallest absolute Gasteiger partial charge is 0.137 e. The van der Waals surface area contributed by atoms with E-state index in [9.17, 15) is 8.60 Å². The fraction of sp³-hybridized carbons (Fsp3) is 0.0769. The van der Waals surface area contributed by atoms with Gasteiger partial charge in [0.15, 0.2) is 0 Å². The molecule has 2 aromatic carbocycles. The summed E-state index contributed by atoms with van der Waals surface area (Å²) in [6, 6.07) is 9.44. The van der Waals surface area contributed by atoms with E-state index in [2.05, 4.69) is 15.9 Å². The first-order valence-electron chi connectivity index (χ1n) is 5.35. The molecule has 1 atom stereocenters. The van der Waals surface area contributed by atoms with Gasteiger partial charge in [-0.2, -0.15) is 0 Å². The SMILES string of the molecule is Nc1ccc(Cl)c(S(=O)Cc2cccc(F)c2Br)c1. The van der Waals surface area contributed by atoms with Gasteiger partial charge in [0, 0.05) is 5.69 Å². The molecular weight excluding hydrogens is 353 g/mol. The van der Waals surface area contributed by atoms with Crippen LogP contribution >= 0.6 is 27.5 Å². The number of rotatable bonds is 3. The number of halogens is 3. The molecule has 2 aromatic rings. The zero-order valence-corrected chi connectivity index (χ0v) is 12.9. The first kappa shape index (κ1) is 14.5. The van der Waals surface area contributed by atoms with Crippen LogP contribution in [-0.2, 0) is 16.6 Å². The Bertz CT molecular complexity index is 651. The van der Waals surface area contributed by atoms with E-state index >= 15 is 0 Å². The van der Waals surface area contributed by atoms with Crippen molar-refractivity contribution in [3.8, 4) is 0 Å². The molecule has 6 heteroatoms. The predicted molar refractivity (Wildman–Crippen MR) is 80.1 cm³/mol. The van der Waals surface area contributed by atoms with Gasteiger partial charge in [-0.1, -0.05) is 23.7 Å². The Morgan fingerprint density at radius 1 is 1.32 bits per heavy atom. The summed E-state index contributed by atoms with van der Waals surface area (Å²) in [5, 5.41) is 0.389. The summed E-state index contributed by atoms with van der Waals surface area (Å²) in [6.45, 7) is 0. The lowest BCUT2D eigenvalue weighted by atomic mass is 10.2. The van der Waals surface area contributed by atoms with E-state index in [1.54, 1.807) is 30.3 Å². The van der Waals surface area contributed by atoms with Crippen molar-refractivity contribution in [2.24, 2.45) is 0 Å². The van der Waals surface area contributed by atoms with Crippen LogP contribution in [0.15, 0.2) is 45.8 Å². The van der Waals surface area contributed by atoms with Crippen molar-refractivity contribution in [1.82, 2.24) is 0 Å². The highest BCUT2D eigenvalue weighted by Gasteiger charge is 2.13. The minimum Gasteiger partial charge on any atom is -0.399 e. The van der Waals surface area contributed by atoms with Gasteiger partial charge in [0.1, 0.15) is 5.82 Å². The number of nitrogen functional groups attached to an aromatic ring is 1. The van der Waals surface area contributed by atoms with Gasteiger partial charge in [-0.3, -0.25) is 4.21 Å². The Hall–Kier alpha value is -0.910. The van der Waals surface area contributed by atoms with Gasteiger partial charge in [-0.05, 0) is 45.8 Å². The Balaban J connectivity index is 2.31. The molecular formula is C13H10BrClFNOS. The zero-order chi connectivity index (χ0) is 14.0. The second-order valence-corrected chi connectivity index (χ2v) is 6.51. The Kier molecular flexibility index (Phi) is 4.60. The van der Waals surface area contributed by atoms with Crippen molar-refractivity contribution >= 4 is 44.0 Å². The molecule has 0 bridgehead atoms. The standard InChI is InChI=1S/C13H10BrClFNOS/c14-13-8(2-1-3-11(13)16)7-19(18)12-6-9(17)4-5-10(12)15/h1-6H,7,17H2. The topological polar surface area (TPSA) is 43.1 Å². The van der Waals surface area contributed by atoms with Crippen molar-refractivity contribution in [3.63, 3.8) is 0 Å². The highest BCUT2D eigenvalue weighted by molar-refractivity contribution is 9.10. The highest BCUT2D eigenvalue weighted by Crippen LogP contribution is 2.27. The maximum atomic E-state index is 13.4. The summed E-state index contributed by atoms with van der Waals surface area (Å²) in [5.74, 6) is -0.213. The van der Waals surface area contributed by atoms with Gasteiger partial charge in [0.2, 0.25) is 0 Å². The molecule has 2 N–H and O–H groups in total. The molecule has 0 amide bonds. The highest BCUT2D eigenvalue weighted by atomic mass is 79.9. The third-order valence-electron chi connectivity index (χ3n) is 2.52. The number of hydrogen-bond donors (Lipinski definition) is 1. The minimum atomic E-state index is -1.38. The average molecular weight is 363 g/mol. The fourth-order valence-corrected chi connectivity index (χ4v) is 3.77. The van der Waals surface area contributed by atoms with Crippen LogP contribution in [-0.4, -0.2) is 4.21 Å². The summed E-state index contributed by atoms with van der Waals surface area (Å²) < 4.78 is 26.0. The summed E-state index contributed by atoms with van der Waals surface area (Å²) in [7, 11) is -1.38. The third kappa shape index (κ3) is 3.35. The van der Waals surface area contributed by atoms with E-state index in [-0.39, 0.29) is 11.6 Å². The van der Waals surface area contributed by atoms with E-state index in [0.29, 0.717) is 25.6 Å². The maximum absolute atomic E-state index is 13.4. The van der Waals surface area contributed by atoms with Crippen molar-refractivity contribution in [1.29, 1.82) is 0 Å². The van der Waals surface area contributed by atoms with Gasteiger partial charge in [-0.25, -0.2) is 4.39 Å². The Labute approximate surface area is 126 Å². The number of nitrogens with two attached hydrogens (primary N) is 1. The maximum Gasteiger partial charge on any atom is 0.137 e. The molecule has 2 rings (SSSR count). The number of benzene rings is 2. The summed E-state index contributed by atoms with van der Waals surface area (Å²) in [4.78, 5) is 0.456. The van der Waals surface area contributed by atoms with Crippen LogP contribution < -0.4 is 5.73 Å². The lowest BCUT2D eigenvalue weighted by molar-refractivity contribution is 0.619. The molecule has 0 aromatic heterocycles. The monoisotopic (exact) mass is 361 g/mol. The van der Waals surface area contributed by atoms with Crippen molar-refractivity contribution in [3.05, 3.63) is 57.3 Å². The molecule has 0 aliphatic heterocycles. The molecule has 0 saturated heterocycles. The lowest BCUT2D eigenvalue weighted by Gasteiger charge is -2.08. The molecule has 0 radical (unpaired) electrons. The van der Waals surface area contributed by atoms with Crippen molar-refractivity contribution in [2.75, 3.05) is 5.73 Å². The van der Waals surface area contributed by atoms with Crippen LogP contribution in [0.25, 0.3) is 0 Å². The van der Waals surface area contributed by atoms with Crippen LogP contribution in [0.1, 0.15) is 5.56 Å². The first-order valence-corrected chi connectivity index (χ1v) is 7.84. The average Bonchev–Trinajstić information content (AvgIpc) is 2.38.